The minimum absolute atomic E-state index is 0.0984. The van der Waals surface area contributed by atoms with Crippen molar-refractivity contribution in [3.63, 3.8) is 0 Å². The van der Waals surface area contributed by atoms with Crippen molar-refractivity contribution in [2.75, 3.05) is 13.1 Å². The predicted molar refractivity (Wildman–Crippen MR) is 63.1 cm³/mol. The average Bonchev–Trinajstić information content (AvgIpc) is 2.16. The van der Waals surface area contributed by atoms with Crippen molar-refractivity contribution < 1.29 is 4.79 Å². The highest BCUT2D eigenvalue weighted by molar-refractivity contribution is 7.80. The minimum atomic E-state index is 0.0984. The second kappa shape index (κ2) is 6.76. The highest BCUT2D eigenvalue weighted by Crippen LogP contribution is 2.06. The van der Waals surface area contributed by atoms with Crippen LogP contribution in [0.3, 0.4) is 0 Å². The van der Waals surface area contributed by atoms with E-state index in [0.29, 0.717) is 18.0 Å². The monoisotopic (exact) mass is 216 g/mol. The van der Waals surface area contributed by atoms with Crippen LogP contribution in [-0.2, 0) is 4.79 Å². The van der Waals surface area contributed by atoms with Crippen molar-refractivity contribution in [1.82, 2.24) is 4.90 Å². The molecule has 0 aromatic heterocycles. The van der Waals surface area contributed by atoms with E-state index in [4.69, 9.17) is 18.0 Å². The molecule has 0 aromatic rings. The van der Waals surface area contributed by atoms with E-state index in [1.807, 2.05) is 25.7 Å². The lowest BCUT2D eigenvalue weighted by molar-refractivity contribution is -0.134. The highest BCUT2D eigenvalue weighted by atomic mass is 32.1. The molecule has 0 rings (SSSR count). The van der Waals surface area contributed by atoms with Crippen molar-refractivity contribution in [3.8, 4) is 0 Å². The van der Waals surface area contributed by atoms with Gasteiger partial charge in [-0.05, 0) is 13.3 Å². The molecule has 0 bridgehead atoms. The molecule has 1 atom stereocenters. The van der Waals surface area contributed by atoms with E-state index in [1.165, 1.54) is 0 Å². The maximum Gasteiger partial charge on any atom is 0.225 e. The Hall–Kier alpha value is -0.640. The Morgan fingerprint density at radius 2 is 2.07 bits per heavy atom. The number of nitrogens with two attached hydrogens (primary N) is 1. The lowest BCUT2D eigenvalue weighted by Crippen LogP contribution is -2.36. The maximum atomic E-state index is 11.8. The molecule has 0 radical (unpaired) electrons. The van der Waals surface area contributed by atoms with Crippen LogP contribution in [0.5, 0.6) is 0 Å². The van der Waals surface area contributed by atoms with Gasteiger partial charge in [0.25, 0.3) is 0 Å². The van der Waals surface area contributed by atoms with E-state index in [9.17, 15) is 4.79 Å². The molecule has 0 aliphatic rings. The van der Waals surface area contributed by atoms with Crippen molar-refractivity contribution in [2.45, 2.75) is 33.6 Å². The predicted octanol–water partition coefficient (Wildman–Crippen LogP) is 1.56. The fraction of sp³-hybridized carbons (Fsp3) is 0.800. The Morgan fingerprint density at radius 1 is 1.50 bits per heavy atom. The third-order valence-corrected chi connectivity index (χ3v) is 2.56. The zero-order valence-electron chi connectivity index (χ0n) is 9.25. The van der Waals surface area contributed by atoms with E-state index in [2.05, 4.69) is 0 Å². The Balaban J connectivity index is 4.12. The molecule has 0 aliphatic heterocycles. The third kappa shape index (κ3) is 4.56. The number of nitrogens with zero attached hydrogens (tertiary/aromatic N) is 1. The summed E-state index contributed by atoms with van der Waals surface area (Å²) in [6, 6.07) is 0. The molecule has 0 spiro atoms. The zero-order chi connectivity index (χ0) is 11.1. The smallest absolute Gasteiger partial charge is 0.225 e. The Morgan fingerprint density at radius 3 is 2.43 bits per heavy atom. The molecule has 14 heavy (non-hydrogen) atoms. The van der Waals surface area contributed by atoms with Gasteiger partial charge in [-0.15, -0.1) is 0 Å². The quantitative estimate of drug-likeness (QED) is 0.685. The first kappa shape index (κ1) is 13.4. The fourth-order valence-corrected chi connectivity index (χ4v) is 1.25. The minimum Gasteiger partial charge on any atom is -0.393 e. The van der Waals surface area contributed by atoms with Crippen LogP contribution in [0.15, 0.2) is 0 Å². The van der Waals surface area contributed by atoms with Crippen molar-refractivity contribution >= 4 is 23.1 Å². The molecule has 1 unspecified atom stereocenters. The largest absolute Gasteiger partial charge is 0.393 e. The van der Waals surface area contributed by atoms with Crippen molar-refractivity contribution in [1.29, 1.82) is 0 Å². The van der Waals surface area contributed by atoms with Crippen LogP contribution in [0.1, 0.15) is 33.6 Å². The van der Waals surface area contributed by atoms with E-state index < -0.39 is 0 Å². The molecular formula is C10H20N2OS. The molecule has 0 aliphatic carbocycles. The van der Waals surface area contributed by atoms with E-state index in [1.54, 1.807) is 0 Å². The van der Waals surface area contributed by atoms with Gasteiger partial charge in [0, 0.05) is 25.4 Å². The first-order valence-corrected chi connectivity index (χ1v) is 5.50. The molecule has 1 amide bonds. The number of thiocarbonyl (C=S) groups is 1. The fourth-order valence-electron chi connectivity index (χ4n) is 1.16. The number of amides is 1. The van der Waals surface area contributed by atoms with Gasteiger partial charge in [-0.3, -0.25) is 4.79 Å². The summed E-state index contributed by atoms with van der Waals surface area (Å²) in [6.07, 6.45) is 1.49. The number of hydrogen-bond donors (Lipinski definition) is 1. The van der Waals surface area contributed by atoms with Gasteiger partial charge in [-0.25, -0.2) is 0 Å². The summed E-state index contributed by atoms with van der Waals surface area (Å²) in [4.78, 5) is 14.0. The van der Waals surface area contributed by atoms with E-state index in [-0.39, 0.29) is 11.8 Å². The zero-order valence-corrected chi connectivity index (χ0v) is 10.1. The van der Waals surface area contributed by atoms with Crippen LogP contribution in [0.4, 0.5) is 0 Å². The molecule has 4 heteroatoms. The number of carbonyl (C=O) groups is 1. The molecule has 3 nitrogen and oxygen atoms in total. The highest BCUT2D eigenvalue weighted by Gasteiger charge is 2.17. The summed E-state index contributed by atoms with van der Waals surface area (Å²) < 4.78 is 0. The second-order valence-corrected chi connectivity index (χ2v) is 3.97. The average molecular weight is 216 g/mol. The molecular weight excluding hydrogens is 196 g/mol. The standard InChI is InChI=1S/C10H20N2OS/c1-4-8(3)10(13)12(5-2)7-6-9(11)14/h8H,4-7H2,1-3H3,(H2,11,14). The van der Waals surface area contributed by atoms with Crippen LogP contribution in [0, 0.1) is 5.92 Å². The van der Waals surface area contributed by atoms with Gasteiger partial charge in [0.15, 0.2) is 0 Å². The lowest BCUT2D eigenvalue weighted by Gasteiger charge is -2.23. The second-order valence-electron chi connectivity index (χ2n) is 3.44. The van der Waals surface area contributed by atoms with Crippen LogP contribution < -0.4 is 5.73 Å². The molecule has 0 aromatic carbocycles. The maximum absolute atomic E-state index is 11.8. The first-order valence-electron chi connectivity index (χ1n) is 5.10. The van der Waals surface area contributed by atoms with Crippen molar-refractivity contribution in [2.24, 2.45) is 11.7 Å². The summed E-state index contributed by atoms with van der Waals surface area (Å²) in [7, 11) is 0. The summed E-state index contributed by atoms with van der Waals surface area (Å²) in [5.41, 5.74) is 5.40. The van der Waals surface area contributed by atoms with Gasteiger partial charge in [0.2, 0.25) is 5.91 Å². The van der Waals surface area contributed by atoms with Gasteiger partial charge in [-0.1, -0.05) is 26.1 Å². The summed E-state index contributed by atoms with van der Waals surface area (Å²) in [6.45, 7) is 7.32. The van der Waals surface area contributed by atoms with Crippen LogP contribution in [-0.4, -0.2) is 28.9 Å². The molecule has 82 valence electrons. The molecule has 0 saturated heterocycles. The summed E-state index contributed by atoms with van der Waals surface area (Å²) in [5, 5.41) is 0. The number of hydrogen-bond acceptors (Lipinski definition) is 2. The van der Waals surface area contributed by atoms with Gasteiger partial charge in [0.05, 0.1) is 4.99 Å². The lowest BCUT2D eigenvalue weighted by atomic mass is 10.1. The topological polar surface area (TPSA) is 46.3 Å². The molecule has 0 heterocycles. The van der Waals surface area contributed by atoms with E-state index in [0.717, 1.165) is 13.0 Å². The number of rotatable bonds is 6. The molecule has 2 N–H and O–H groups in total. The van der Waals surface area contributed by atoms with Gasteiger partial charge in [-0.2, -0.15) is 0 Å². The van der Waals surface area contributed by atoms with Crippen molar-refractivity contribution in [3.05, 3.63) is 0 Å². The van der Waals surface area contributed by atoms with E-state index >= 15 is 0 Å². The summed E-state index contributed by atoms with van der Waals surface area (Å²) in [5.74, 6) is 0.299. The van der Waals surface area contributed by atoms with Crippen LogP contribution in [0.25, 0.3) is 0 Å². The summed E-state index contributed by atoms with van der Waals surface area (Å²) >= 11 is 4.78. The Labute approximate surface area is 91.6 Å². The van der Waals surface area contributed by atoms with Gasteiger partial charge in [0.1, 0.15) is 0 Å². The number of carbonyl (C=O) groups excluding carboxylic acids is 1. The third-order valence-electron chi connectivity index (χ3n) is 2.36. The SMILES string of the molecule is CCC(C)C(=O)N(CC)CCC(N)=S. The van der Waals surface area contributed by atoms with Crippen LogP contribution >= 0.6 is 12.2 Å². The van der Waals surface area contributed by atoms with Gasteiger partial charge >= 0.3 is 0 Å². The first-order chi connectivity index (χ1) is 6.52. The molecule has 0 fully saturated rings. The molecule has 0 saturated carbocycles. The Kier molecular flexibility index (Phi) is 6.45. The van der Waals surface area contributed by atoms with Crippen LogP contribution in [0.2, 0.25) is 0 Å². The normalized spacial score (nSPS) is 12.2. The van der Waals surface area contributed by atoms with Gasteiger partial charge < -0.3 is 10.6 Å². The Bertz CT molecular complexity index is 206.